The van der Waals surface area contributed by atoms with Crippen molar-refractivity contribution in [1.29, 1.82) is 0 Å². The Hall–Kier alpha value is -1.91. The molecule has 1 aliphatic rings. The maximum absolute atomic E-state index is 11.5. The van der Waals surface area contributed by atoms with Crippen LogP contribution in [0.5, 0.6) is 23.0 Å². The third kappa shape index (κ3) is 1.44. The van der Waals surface area contributed by atoms with Crippen LogP contribution in [0.4, 0.5) is 0 Å². The van der Waals surface area contributed by atoms with Crippen LogP contribution < -0.4 is 18.9 Å². The van der Waals surface area contributed by atoms with Crippen molar-refractivity contribution in [2.75, 3.05) is 21.0 Å². The average molecular weight is 224 g/mol. The van der Waals surface area contributed by atoms with E-state index in [2.05, 4.69) is 0 Å². The van der Waals surface area contributed by atoms with Gasteiger partial charge in [0.15, 0.2) is 17.3 Å². The van der Waals surface area contributed by atoms with Gasteiger partial charge in [0.25, 0.3) is 0 Å². The van der Waals surface area contributed by atoms with Gasteiger partial charge in [0, 0.05) is 0 Å². The lowest BCUT2D eigenvalue weighted by Gasteiger charge is -2.11. The molecular formula is C11H12O5. The van der Waals surface area contributed by atoms with Crippen molar-refractivity contribution in [2.45, 2.75) is 6.92 Å². The van der Waals surface area contributed by atoms with Crippen LogP contribution in [0.3, 0.4) is 0 Å². The van der Waals surface area contributed by atoms with Crippen LogP contribution in [0, 0.1) is 0 Å². The Morgan fingerprint density at radius 3 is 2.50 bits per heavy atom. The maximum atomic E-state index is 11.5. The Morgan fingerprint density at radius 1 is 1.25 bits per heavy atom. The minimum atomic E-state index is -0.117. The fourth-order valence-electron chi connectivity index (χ4n) is 1.63. The van der Waals surface area contributed by atoms with E-state index in [-0.39, 0.29) is 12.6 Å². The number of fused-ring (bicyclic) bond motifs is 1. The molecule has 0 N–H and O–H groups in total. The summed E-state index contributed by atoms with van der Waals surface area (Å²) < 4.78 is 20.8. The molecule has 16 heavy (non-hydrogen) atoms. The SMILES string of the molecule is COc1cc(C(C)=O)c(OC)c2c1OCO2. The summed E-state index contributed by atoms with van der Waals surface area (Å²) in [4.78, 5) is 11.5. The highest BCUT2D eigenvalue weighted by atomic mass is 16.7. The summed E-state index contributed by atoms with van der Waals surface area (Å²) in [6.07, 6.45) is 0. The molecule has 0 saturated heterocycles. The number of carbonyl (C=O) groups excluding carboxylic acids is 1. The van der Waals surface area contributed by atoms with Crippen LogP contribution in [-0.2, 0) is 0 Å². The van der Waals surface area contributed by atoms with Gasteiger partial charge in [0.1, 0.15) is 0 Å². The molecule has 5 nitrogen and oxygen atoms in total. The highest BCUT2D eigenvalue weighted by molar-refractivity contribution is 5.99. The first kappa shape index (κ1) is 10.6. The van der Waals surface area contributed by atoms with Crippen molar-refractivity contribution in [3.63, 3.8) is 0 Å². The molecule has 0 aromatic heterocycles. The zero-order valence-corrected chi connectivity index (χ0v) is 9.33. The largest absolute Gasteiger partial charge is 0.493 e. The van der Waals surface area contributed by atoms with Gasteiger partial charge in [0.2, 0.25) is 18.3 Å². The first-order valence-electron chi connectivity index (χ1n) is 4.74. The number of ketones is 1. The predicted molar refractivity (Wildman–Crippen MR) is 55.7 cm³/mol. The quantitative estimate of drug-likeness (QED) is 0.730. The molecule has 1 aromatic rings. The van der Waals surface area contributed by atoms with E-state index < -0.39 is 0 Å². The van der Waals surface area contributed by atoms with Gasteiger partial charge in [-0.1, -0.05) is 0 Å². The first-order chi connectivity index (χ1) is 7.69. The monoisotopic (exact) mass is 224 g/mol. The van der Waals surface area contributed by atoms with Crippen LogP contribution in [0.15, 0.2) is 6.07 Å². The van der Waals surface area contributed by atoms with Gasteiger partial charge in [-0.25, -0.2) is 0 Å². The topological polar surface area (TPSA) is 54.0 Å². The van der Waals surface area contributed by atoms with E-state index in [0.29, 0.717) is 28.6 Å². The zero-order chi connectivity index (χ0) is 11.7. The summed E-state index contributed by atoms with van der Waals surface area (Å²) in [6, 6.07) is 1.59. The van der Waals surface area contributed by atoms with Crippen LogP contribution in [0.1, 0.15) is 17.3 Å². The highest BCUT2D eigenvalue weighted by Crippen LogP contribution is 2.49. The molecule has 0 atom stereocenters. The average Bonchev–Trinajstić information content (AvgIpc) is 2.75. The van der Waals surface area contributed by atoms with Gasteiger partial charge in [-0.05, 0) is 13.0 Å². The number of carbonyl (C=O) groups is 1. The number of methoxy groups -OCH3 is 2. The lowest BCUT2D eigenvalue weighted by atomic mass is 10.1. The van der Waals surface area contributed by atoms with Crippen LogP contribution in [-0.4, -0.2) is 26.8 Å². The molecule has 0 bridgehead atoms. The number of Topliss-reactive ketones (excluding diaryl/α,β-unsaturated/α-hetero) is 1. The van der Waals surface area contributed by atoms with Gasteiger partial charge in [-0.2, -0.15) is 0 Å². The molecule has 0 radical (unpaired) electrons. The van der Waals surface area contributed by atoms with Crippen LogP contribution in [0.2, 0.25) is 0 Å². The Balaban J connectivity index is 2.68. The van der Waals surface area contributed by atoms with Gasteiger partial charge in [-0.15, -0.1) is 0 Å². The number of hydrogen-bond donors (Lipinski definition) is 0. The second-order valence-corrected chi connectivity index (χ2v) is 3.28. The summed E-state index contributed by atoms with van der Waals surface area (Å²) in [5.74, 6) is 1.64. The number of ether oxygens (including phenoxy) is 4. The van der Waals surface area contributed by atoms with Crippen molar-refractivity contribution in [3.05, 3.63) is 11.6 Å². The Kier molecular flexibility index (Phi) is 2.60. The van der Waals surface area contributed by atoms with Crippen LogP contribution in [0.25, 0.3) is 0 Å². The van der Waals surface area contributed by atoms with Crippen molar-refractivity contribution >= 4 is 5.78 Å². The molecule has 5 heteroatoms. The highest BCUT2D eigenvalue weighted by Gasteiger charge is 2.28. The lowest BCUT2D eigenvalue weighted by molar-refractivity contribution is 0.101. The van der Waals surface area contributed by atoms with Gasteiger partial charge < -0.3 is 18.9 Å². The summed E-state index contributed by atoms with van der Waals surface area (Å²) in [5.41, 5.74) is 0.420. The minimum Gasteiger partial charge on any atom is -0.493 e. The smallest absolute Gasteiger partial charge is 0.231 e. The molecule has 0 aliphatic carbocycles. The van der Waals surface area contributed by atoms with E-state index in [1.165, 1.54) is 21.1 Å². The van der Waals surface area contributed by atoms with E-state index in [1.54, 1.807) is 6.07 Å². The predicted octanol–water partition coefficient (Wildman–Crippen LogP) is 1.64. The lowest BCUT2D eigenvalue weighted by Crippen LogP contribution is -2.00. The fourth-order valence-corrected chi connectivity index (χ4v) is 1.63. The third-order valence-corrected chi connectivity index (χ3v) is 2.37. The molecule has 0 unspecified atom stereocenters. The second kappa shape index (κ2) is 3.92. The molecular weight excluding hydrogens is 212 g/mol. The van der Waals surface area contributed by atoms with Crippen LogP contribution >= 0.6 is 0 Å². The van der Waals surface area contributed by atoms with E-state index >= 15 is 0 Å². The summed E-state index contributed by atoms with van der Waals surface area (Å²) >= 11 is 0. The van der Waals surface area contributed by atoms with E-state index in [1.807, 2.05) is 0 Å². The van der Waals surface area contributed by atoms with Gasteiger partial charge >= 0.3 is 0 Å². The molecule has 0 saturated carbocycles. The molecule has 1 heterocycles. The molecule has 86 valence electrons. The first-order valence-corrected chi connectivity index (χ1v) is 4.74. The second-order valence-electron chi connectivity index (χ2n) is 3.28. The maximum Gasteiger partial charge on any atom is 0.231 e. The normalized spacial score (nSPS) is 12.4. The minimum absolute atomic E-state index is 0.101. The zero-order valence-electron chi connectivity index (χ0n) is 9.33. The fraction of sp³-hybridized carbons (Fsp3) is 0.364. The van der Waals surface area contributed by atoms with E-state index in [4.69, 9.17) is 18.9 Å². The Bertz CT molecular complexity index is 438. The van der Waals surface area contributed by atoms with Crippen molar-refractivity contribution < 1.29 is 23.7 Å². The van der Waals surface area contributed by atoms with Gasteiger partial charge in [0.05, 0.1) is 19.8 Å². The number of hydrogen-bond acceptors (Lipinski definition) is 5. The van der Waals surface area contributed by atoms with Gasteiger partial charge in [-0.3, -0.25) is 4.79 Å². The standard InChI is InChI=1S/C11H12O5/c1-6(12)7-4-8(13-2)10-11(9(7)14-3)16-5-15-10/h4H,5H2,1-3H3. The van der Waals surface area contributed by atoms with Crippen molar-refractivity contribution in [3.8, 4) is 23.0 Å². The molecule has 0 spiro atoms. The Labute approximate surface area is 92.9 Å². The number of rotatable bonds is 3. The number of benzene rings is 1. The summed E-state index contributed by atoms with van der Waals surface area (Å²) in [6.45, 7) is 1.56. The third-order valence-electron chi connectivity index (χ3n) is 2.37. The van der Waals surface area contributed by atoms with Crippen molar-refractivity contribution in [1.82, 2.24) is 0 Å². The molecule has 0 amide bonds. The van der Waals surface area contributed by atoms with E-state index in [9.17, 15) is 4.79 Å². The Morgan fingerprint density at radius 2 is 1.94 bits per heavy atom. The molecule has 0 fully saturated rings. The van der Waals surface area contributed by atoms with E-state index in [0.717, 1.165) is 0 Å². The van der Waals surface area contributed by atoms with Crippen molar-refractivity contribution in [2.24, 2.45) is 0 Å². The molecule has 1 aromatic carbocycles. The summed E-state index contributed by atoms with van der Waals surface area (Å²) in [5, 5.41) is 0. The summed E-state index contributed by atoms with van der Waals surface area (Å²) in [7, 11) is 2.99. The molecule has 2 rings (SSSR count). The molecule has 1 aliphatic heterocycles.